The van der Waals surface area contributed by atoms with Gasteiger partial charge in [0.1, 0.15) is 5.01 Å². The first-order valence-corrected chi connectivity index (χ1v) is 6.84. The largest absolute Gasteiger partial charge is 0.370 e. The van der Waals surface area contributed by atoms with Gasteiger partial charge >= 0.3 is 0 Å². The van der Waals surface area contributed by atoms with E-state index in [0.29, 0.717) is 5.82 Å². The van der Waals surface area contributed by atoms with Crippen LogP contribution in [0.1, 0.15) is 11.9 Å². The maximum atomic E-state index is 10.3. The van der Waals surface area contributed by atoms with E-state index in [1.807, 2.05) is 12.3 Å². The van der Waals surface area contributed by atoms with Crippen LogP contribution in [0.4, 0.5) is 0 Å². The van der Waals surface area contributed by atoms with Crippen LogP contribution < -0.4 is 10.6 Å². The highest BCUT2D eigenvalue weighted by molar-refractivity contribution is 7.99. The first-order chi connectivity index (χ1) is 8.11. The molecule has 0 radical (unpaired) electrons. The Balaban J connectivity index is 2.37. The Kier molecular flexibility index (Phi) is 5.78. The predicted octanol–water partition coefficient (Wildman–Crippen LogP) is 1.61. The normalized spacial score (nSPS) is 13.2. The molecule has 1 atom stereocenters. The van der Waals surface area contributed by atoms with E-state index in [0.717, 1.165) is 17.0 Å². The zero-order chi connectivity index (χ0) is 12.7. The van der Waals surface area contributed by atoms with Gasteiger partial charge in [-0.3, -0.25) is 10.1 Å². The van der Waals surface area contributed by atoms with Gasteiger partial charge in [0.2, 0.25) is 0 Å². The van der Waals surface area contributed by atoms with E-state index in [2.05, 4.69) is 15.6 Å². The summed E-state index contributed by atoms with van der Waals surface area (Å²) >= 11 is 3.24. The molecule has 0 spiro atoms. The summed E-state index contributed by atoms with van der Waals surface area (Å²) in [7, 11) is 1.64. The second-order valence-electron chi connectivity index (χ2n) is 3.10. The fourth-order valence-electron chi connectivity index (χ4n) is 1.06. The molecule has 0 aliphatic heterocycles. The van der Waals surface area contributed by atoms with Gasteiger partial charge < -0.3 is 10.6 Å². The Hall–Kier alpha value is -1.28. The smallest absolute Gasteiger partial charge is 0.274 e. The lowest BCUT2D eigenvalue weighted by atomic mass is 10.6. The molecule has 1 rings (SSSR count). The van der Waals surface area contributed by atoms with Crippen molar-refractivity contribution in [3.05, 3.63) is 38.7 Å². The predicted molar refractivity (Wildman–Crippen MR) is 70.1 cm³/mol. The number of nitrogens with zero attached hydrogens (tertiary/aromatic N) is 2. The van der Waals surface area contributed by atoms with Crippen LogP contribution in [0.2, 0.25) is 0 Å². The summed E-state index contributed by atoms with van der Waals surface area (Å²) in [5, 5.41) is 19.1. The number of nitro groups is 1. The summed E-state index contributed by atoms with van der Waals surface area (Å²) in [6.45, 7) is 1.95. The second-order valence-corrected chi connectivity index (χ2v) is 5.41. The van der Waals surface area contributed by atoms with Crippen molar-refractivity contribution in [1.29, 1.82) is 0 Å². The lowest BCUT2D eigenvalue weighted by molar-refractivity contribution is -0.404. The van der Waals surface area contributed by atoms with Gasteiger partial charge in [0, 0.05) is 24.4 Å². The van der Waals surface area contributed by atoms with E-state index in [9.17, 15) is 10.1 Å². The van der Waals surface area contributed by atoms with Gasteiger partial charge in [0.15, 0.2) is 5.82 Å². The third-order valence-corrected chi connectivity index (χ3v) is 3.82. The number of rotatable bonds is 7. The van der Waals surface area contributed by atoms with E-state index < -0.39 is 4.92 Å². The number of hydrogen-bond acceptors (Lipinski definition) is 7. The molecule has 0 amide bonds. The van der Waals surface area contributed by atoms with Crippen LogP contribution in [-0.2, 0) is 5.75 Å². The van der Waals surface area contributed by atoms with Crippen molar-refractivity contribution in [3.63, 3.8) is 0 Å². The number of nitrogens with one attached hydrogen (secondary N) is 2. The quantitative estimate of drug-likeness (QED) is 0.447. The molecule has 0 saturated heterocycles. The Labute approximate surface area is 108 Å². The summed E-state index contributed by atoms with van der Waals surface area (Å²) < 4.78 is 0. The summed E-state index contributed by atoms with van der Waals surface area (Å²) in [5.74, 6) is 1.19. The van der Waals surface area contributed by atoms with Crippen molar-refractivity contribution in [2.75, 3.05) is 7.05 Å². The molecule has 6 nitrogen and oxygen atoms in total. The van der Waals surface area contributed by atoms with Crippen molar-refractivity contribution in [3.8, 4) is 0 Å². The fraction of sp³-hybridized carbons (Fsp3) is 0.444. The van der Waals surface area contributed by atoms with Crippen LogP contribution in [0.3, 0.4) is 0 Å². The molecule has 2 N–H and O–H groups in total. The number of aromatic nitrogens is 1. The standard InChI is InChI=1S/C9H14N4O2S2/c1-7(12-8(10-2)5-13(14)15)17-6-9-11-3-4-16-9/h3-5,7,10,12H,6H2,1-2H3. The Bertz CT molecular complexity index is 380. The first kappa shape index (κ1) is 13.8. The van der Waals surface area contributed by atoms with Crippen molar-refractivity contribution in [2.45, 2.75) is 18.1 Å². The van der Waals surface area contributed by atoms with Gasteiger partial charge in [-0.15, -0.1) is 23.1 Å². The van der Waals surface area contributed by atoms with E-state index in [4.69, 9.17) is 0 Å². The molecular formula is C9H14N4O2S2. The lowest BCUT2D eigenvalue weighted by Crippen LogP contribution is -2.30. The van der Waals surface area contributed by atoms with Crippen LogP contribution in [0.25, 0.3) is 0 Å². The Morgan fingerprint density at radius 3 is 3.12 bits per heavy atom. The van der Waals surface area contributed by atoms with Crippen LogP contribution in [0.15, 0.2) is 23.6 Å². The molecule has 94 valence electrons. The third-order valence-electron chi connectivity index (χ3n) is 1.80. The molecule has 0 fully saturated rings. The van der Waals surface area contributed by atoms with Crippen molar-refractivity contribution >= 4 is 23.1 Å². The van der Waals surface area contributed by atoms with E-state index in [-0.39, 0.29) is 5.37 Å². The summed E-state index contributed by atoms with van der Waals surface area (Å²) in [5.41, 5.74) is 0. The lowest BCUT2D eigenvalue weighted by Gasteiger charge is -2.14. The van der Waals surface area contributed by atoms with Crippen LogP contribution in [0.5, 0.6) is 0 Å². The highest BCUT2D eigenvalue weighted by Gasteiger charge is 2.07. The van der Waals surface area contributed by atoms with Crippen LogP contribution in [0, 0.1) is 10.1 Å². The molecular weight excluding hydrogens is 260 g/mol. The topological polar surface area (TPSA) is 80.1 Å². The minimum absolute atomic E-state index is 0.0672. The number of thioether (sulfide) groups is 1. The molecule has 8 heteroatoms. The highest BCUT2D eigenvalue weighted by Crippen LogP contribution is 2.17. The van der Waals surface area contributed by atoms with Crippen molar-refractivity contribution in [2.24, 2.45) is 0 Å². The summed E-state index contributed by atoms with van der Waals surface area (Å²) in [4.78, 5) is 14.0. The fourth-order valence-corrected chi connectivity index (χ4v) is 2.61. The van der Waals surface area contributed by atoms with Crippen LogP contribution >= 0.6 is 23.1 Å². The van der Waals surface area contributed by atoms with E-state index in [1.165, 1.54) is 0 Å². The van der Waals surface area contributed by atoms with Crippen molar-refractivity contribution < 1.29 is 4.92 Å². The zero-order valence-corrected chi connectivity index (χ0v) is 11.2. The Morgan fingerprint density at radius 1 is 1.82 bits per heavy atom. The molecule has 0 aliphatic rings. The monoisotopic (exact) mass is 274 g/mol. The molecule has 0 saturated carbocycles. The minimum atomic E-state index is -0.489. The van der Waals surface area contributed by atoms with E-state index in [1.54, 1.807) is 36.3 Å². The molecule has 1 aromatic heterocycles. The maximum Gasteiger partial charge on any atom is 0.274 e. The summed E-state index contributed by atoms with van der Waals surface area (Å²) in [6.07, 6.45) is 2.69. The minimum Gasteiger partial charge on any atom is -0.370 e. The molecule has 0 aromatic carbocycles. The van der Waals surface area contributed by atoms with Crippen molar-refractivity contribution in [1.82, 2.24) is 15.6 Å². The SMILES string of the molecule is CNC(=C[N+](=O)[O-])NC(C)SCc1nccs1. The van der Waals surface area contributed by atoms with Gasteiger partial charge in [-0.2, -0.15) is 0 Å². The molecule has 17 heavy (non-hydrogen) atoms. The molecule has 0 bridgehead atoms. The van der Waals surface area contributed by atoms with Gasteiger partial charge in [-0.25, -0.2) is 4.98 Å². The van der Waals surface area contributed by atoms with Gasteiger partial charge in [0.25, 0.3) is 6.20 Å². The van der Waals surface area contributed by atoms with E-state index >= 15 is 0 Å². The number of hydrogen-bond donors (Lipinski definition) is 2. The van der Waals surface area contributed by atoms with Gasteiger partial charge in [-0.05, 0) is 6.92 Å². The molecule has 1 aromatic rings. The zero-order valence-electron chi connectivity index (χ0n) is 9.54. The van der Waals surface area contributed by atoms with Gasteiger partial charge in [0.05, 0.1) is 10.3 Å². The Morgan fingerprint density at radius 2 is 2.59 bits per heavy atom. The third kappa shape index (κ3) is 5.55. The average Bonchev–Trinajstić information content (AvgIpc) is 2.77. The number of thiazole rings is 1. The second kappa shape index (κ2) is 7.13. The first-order valence-electron chi connectivity index (χ1n) is 4.91. The summed E-state index contributed by atoms with van der Waals surface area (Å²) in [6, 6.07) is 0. The molecule has 1 heterocycles. The highest BCUT2D eigenvalue weighted by atomic mass is 32.2. The van der Waals surface area contributed by atoms with Crippen LogP contribution in [-0.4, -0.2) is 22.3 Å². The average molecular weight is 274 g/mol. The van der Waals surface area contributed by atoms with Gasteiger partial charge in [-0.1, -0.05) is 0 Å². The molecule has 1 unspecified atom stereocenters. The molecule has 0 aliphatic carbocycles. The maximum absolute atomic E-state index is 10.3.